The number of hydrogen-bond donors (Lipinski definition) is 0. The minimum Gasteiger partial charge on any atom is -0.497 e. The maximum atomic E-state index is 15.0. The molecule has 0 aliphatic carbocycles. The topological polar surface area (TPSA) is 27.7 Å². The largest absolute Gasteiger partial charge is 0.497 e. The van der Waals surface area contributed by atoms with E-state index in [1.807, 2.05) is 0 Å². The van der Waals surface area contributed by atoms with Gasteiger partial charge in [-0.1, -0.05) is 0 Å². The van der Waals surface area contributed by atoms with Crippen LogP contribution < -0.4 is 30.6 Å². The van der Waals surface area contributed by atoms with Crippen molar-refractivity contribution in [3.05, 3.63) is 71.3 Å². The maximum absolute atomic E-state index is 15.0. The Morgan fingerprint density at radius 2 is 0.903 bits per heavy atom. The third-order valence-electron chi connectivity index (χ3n) is 4.71. The summed E-state index contributed by atoms with van der Waals surface area (Å²) in [6.45, 7) is -1.86. The maximum Gasteiger partial charge on any atom is 0.266 e. The fraction of sp³-hybridized carbons (Fsp3) is 0.143. The molecular weight excluding hydrogens is 425 g/mol. The van der Waals surface area contributed by atoms with E-state index in [9.17, 15) is 17.6 Å². The van der Waals surface area contributed by atoms with E-state index in [0.29, 0.717) is 12.1 Å². The lowest BCUT2D eigenvalue weighted by Gasteiger charge is -2.22. The Balaban J connectivity index is 2.47. The van der Waals surface area contributed by atoms with Gasteiger partial charge >= 0.3 is 0 Å². The van der Waals surface area contributed by atoms with Crippen molar-refractivity contribution >= 4 is 23.1 Å². The molecule has 0 aromatic heterocycles. The first-order valence-corrected chi connectivity index (χ1v) is 8.80. The highest BCUT2D eigenvalue weighted by Gasteiger charge is 2.38. The highest BCUT2D eigenvalue weighted by molar-refractivity contribution is 6.96. The second-order valence-electron chi connectivity index (χ2n) is 6.44. The molecule has 3 nitrogen and oxygen atoms in total. The number of rotatable bonds is 6. The van der Waals surface area contributed by atoms with Gasteiger partial charge in [0, 0.05) is 52.8 Å². The Morgan fingerprint density at radius 3 is 1.26 bits per heavy atom. The normalized spacial score (nSPS) is 10.7. The SMILES string of the molecule is COc1cc(F)c(B(c2c(F)cc(F)cc2OC)c2c(F)cc(F)cc2OC)c(F)c1. The van der Waals surface area contributed by atoms with Gasteiger partial charge in [0.2, 0.25) is 0 Å². The van der Waals surface area contributed by atoms with Crippen molar-refractivity contribution in [1.82, 2.24) is 0 Å². The Bertz CT molecular complexity index is 1060. The zero-order chi connectivity index (χ0) is 22.9. The van der Waals surface area contributed by atoms with Gasteiger partial charge in [-0.3, -0.25) is 0 Å². The summed E-state index contributed by atoms with van der Waals surface area (Å²) < 4.78 is 102. The molecule has 0 amide bonds. The molecule has 0 radical (unpaired) electrons. The van der Waals surface area contributed by atoms with Crippen LogP contribution in [0.1, 0.15) is 0 Å². The lowest BCUT2D eigenvalue weighted by molar-refractivity contribution is 0.407. The van der Waals surface area contributed by atoms with E-state index in [2.05, 4.69) is 0 Å². The Hall–Kier alpha value is -3.30. The van der Waals surface area contributed by atoms with Crippen LogP contribution in [0, 0.1) is 34.9 Å². The van der Waals surface area contributed by atoms with E-state index < -0.39 is 69.5 Å². The van der Waals surface area contributed by atoms with Crippen LogP contribution in [-0.4, -0.2) is 28.0 Å². The first kappa shape index (κ1) is 22.4. The van der Waals surface area contributed by atoms with E-state index in [1.165, 1.54) is 7.11 Å². The second-order valence-corrected chi connectivity index (χ2v) is 6.44. The molecule has 0 spiro atoms. The lowest BCUT2D eigenvalue weighted by atomic mass is 9.35. The summed E-state index contributed by atoms with van der Waals surface area (Å²) in [7, 11) is 3.33. The molecule has 3 aromatic rings. The summed E-state index contributed by atoms with van der Waals surface area (Å²) in [6, 6.07) is 4.09. The fourth-order valence-electron chi connectivity index (χ4n) is 3.41. The molecule has 0 aliphatic heterocycles. The van der Waals surface area contributed by atoms with Crippen molar-refractivity contribution in [2.45, 2.75) is 0 Å². The fourth-order valence-corrected chi connectivity index (χ4v) is 3.41. The average molecular weight is 440 g/mol. The molecule has 0 heterocycles. The van der Waals surface area contributed by atoms with Gasteiger partial charge in [-0.2, -0.15) is 0 Å². The molecule has 31 heavy (non-hydrogen) atoms. The van der Waals surface area contributed by atoms with Crippen molar-refractivity contribution in [1.29, 1.82) is 0 Å². The number of benzene rings is 3. The third kappa shape index (κ3) is 4.15. The van der Waals surface area contributed by atoms with Crippen LogP contribution in [0.15, 0.2) is 36.4 Å². The van der Waals surface area contributed by atoms with Gasteiger partial charge in [-0.25, -0.2) is 26.3 Å². The van der Waals surface area contributed by atoms with Crippen molar-refractivity contribution < 1.29 is 40.6 Å². The second kappa shape index (κ2) is 8.83. The number of halogens is 6. The van der Waals surface area contributed by atoms with Crippen LogP contribution in [0.4, 0.5) is 26.3 Å². The monoisotopic (exact) mass is 440 g/mol. The van der Waals surface area contributed by atoms with Crippen LogP contribution in [0.2, 0.25) is 0 Å². The standard InChI is InChI=1S/C21H15BF6O3/c1-29-12-8-15(27)19(16(28)9-12)22(20-13(25)4-10(23)6-17(20)30-2)21-14(26)5-11(24)7-18(21)31-3/h4-9H,1-3H3. The molecule has 0 saturated carbocycles. The first-order chi connectivity index (χ1) is 14.7. The summed E-state index contributed by atoms with van der Waals surface area (Å²) in [5.74, 6) is -8.07. The van der Waals surface area contributed by atoms with Gasteiger partial charge in [0.05, 0.1) is 21.3 Å². The summed E-state index contributed by atoms with van der Waals surface area (Å²) in [5, 5.41) is 0. The summed E-state index contributed by atoms with van der Waals surface area (Å²) >= 11 is 0. The molecule has 10 heteroatoms. The van der Waals surface area contributed by atoms with Crippen LogP contribution in [-0.2, 0) is 0 Å². The molecule has 0 saturated heterocycles. The zero-order valence-electron chi connectivity index (χ0n) is 16.5. The molecule has 3 rings (SSSR count). The van der Waals surface area contributed by atoms with Crippen molar-refractivity contribution in [3.63, 3.8) is 0 Å². The highest BCUT2D eigenvalue weighted by Crippen LogP contribution is 2.22. The average Bonchev–Trinajstić information content (AvgIpc) is 2.70. The van der Waals surface area contributed by atoms with Crippen LogP contribution >= 0.6 is 0 Å². The van der Waals surface area contributed by atoms with Crippen LogP contribution in [0.3, 0.4) is 0 Å². The molecule has 3 aromatic carbocycles. The first-order valence-electron chi connectivity index (χ1n) is 8.80. The minimum absolute atomic E-state index is 0.185. The predicted molar refractivity (Wildman–Crippen MR) is 103 cm³/mol. The lowest BCUT2D eigenvalue weighted by Crippen LogP contribution is -2.57. The van der Waals surface area contributed by atoms with Crippen molar-refractivity contribution in [3.8, 4) is 17.2 Å². The van der Waals surface area contributed by atoms with Gasteiger partial charge in [0.1, 0.15) is 52.2 Å². The summed E-state index contributed by atoms with van der Waals surface area (Å²) in [4.78, 5) is 0. The van der Waals surface area contributed by atoms with Crippen LogP contribution in [0.25, 0.3) is 0 Å². The molecular formula is C21H15BF6O3. The third-order valence-corrected chi connectivity index (χ3v) is 4.71. The minimum atomic E-state index is -1.86. The predicted octanol–water partition coefficient (Wildman–Crippen LogP) is 3.06. The van der Waals surface area contributed by atoms with E-state index >= 15 is 8.78 Å². The quantitative estimate of drug-likeness (QED) is 0.436. The smallest absolute Gasteiger partial charge is 0.266 e. The molecule has 0 aliphatic rings. The van der Waals surface area contributed by atoms with E-state index in [1.54, 1.807) is 0 Å². The van der Waals surface area contributed by atoms with E-state index in [-0.39, 0.29) is 5.75 Å². The number of hydrogen-bond acceptors (Lipinski definition) is 3. The molecule has 162 valence electrons. The van der Waals surface area contributed by atoms with Gasteiger partial charge in [0.25, 0.3) is 6.71 Å². The highest BCUT2D eigenvalue weighted by atomic mass is 19.2. The summed E-state index contributed by atoms with van der Waals surface area (Å²) in [6.07, 6.45) is 0. The van der Waals surface area contributed by atoms with Crippen molar-refractivity contribution in [2.75, 3.05) is 21.3 Å². The zero-order valence-corrected chi connectivity index (χ0v) is 16.5. The van der Waals surface area contributed by atoms with E-state index in [0.717, 1.165) is 38.5 Å². The van der Waals surface area contributed by atoms with Gasteiger partial charge in [-0.15, -0.1) is 0 Å². The molecule has 0 atom stereocenters. The molecule has 0 unspecified atom stereocenters. The summed E-state index contributed by atoms with van der Waals surface area (Å²) in [5.41, 5.74) is -1.94. The van der Waals surface area contributed by atoms with Gasteiger partial charge < -0.3 is 14.2 Å². The molecule has 0 bridgehead atoms. The van der Waals surface area contributed by atoms with Gasteiger partial charge in [0.15, 0.2) is 0 Å². The number of methoxy groups -OCH3 is 3. The molecule has 0 N–H and O–H groups in total. The van der Waals surface area contributed by atoms with Crippen molar-refractivity contribution in [2.24, 2.45) is 0 Å². The molecule has 0 fully saturated rings. The number of ether oxygens (including phenoxy) is 3. The Kier molecular flexibility index (Phi) is 6.38. The Labute approximate surface area is 174 Å². The van der Waals surface area contributed by atoms with E-state index in [4.69, 9.17) is 14.2 Å². The van der Waals surface area contributed by atoms with Gasteiger partial charge in [-0.05, 0) is 0 Å². The Morgan fingerprint density at radius 1 is 0.516 bits per heavy atom. The van der Waals surface area contributed by atoms with Crippen LogP contribution in [0.5, 0.6) is 17.2 Å².